The molecule has 162 valence electrons. The van der Waals surface area contributed by atoms with Gasteiger partial charge in [-0.15, -0.1) is 0 Å². The third-order valence-corrected chi connectivity index (χ3v) is 7.90. The van der Waals surface area contributed by atoms with Crippen molar-refractivity contribution in [2.24, 2.45) is 28.1 Å². The summed E-state index contributed by atoms with van der Waals surface area (Å²) in [4.78, 5) is 40.1. The van der Waals surface area contributed by atoms with Crippen LogP contribution in [0.25, 0.3) is 0 Å². The molecule has 6 aliphatic rings. The predicted octanol–water partition coefficient (Wildman–Crippen LogP) is 2.37. The van der Waals surface area contributed by atoms with Crippen LogP contribution in [0, 0.1) is 24.7 Å². The number of benzene rings is 1. The molecular formula is C23H27N5O3. The Balaban J connectivity index is 1.16. The molecule has 8 nitrogen and oxygen atoms in total. The molecule has 2 aliphatic heterocycles. The molecule has 0 radical (unpaired) electrons. The summed E-state index contributed by atoms with van der Waals surface area (Å²) in [7, 11) is 0. The van der Waals surface area contributed by atoms with Crippen LogP contribution in [-0.4, -0.2) is 46.9 Å². The molecule has 2 heterocycles. The maximum atomic E-state index is 13.1. The van der Waals surface area contributed by atoms with E-state index in [1.807, 2.05) is 19.1 Å². The van der Waals surface area contributed by atoms with Crippen molar-refractivity contribution < 1.29 is 14.4 Å². The third-order valence-electron chi connectivity index (χ3n) is 7.90. The van der Waals surface area contributed by atoms with E-state index in [0.29, 0.717) is 5.69 Å². The SMILES string of the molecule is Cc1ccc(N2C(=O)[C@H]3N=NN(CC(=O)NC45CC6CC(CC(C6)C4)C5)[C@H]3C2=O)cc1. The summed E-state index contributed by atoms with van der Waals surface area (Å²) in [5, 5.41) is 12.8. The quantitative estimate of drug-likeness (QED) is 0.755. The molecule has 1 aromatic rings. The van der Waals surface area contributed by atoms with E-state index >= 15 is 0 Å². The molecule has 1 aromatic carbocycles. The lowest BCUT2D eigenvalue weighted by atomic mass is 9.53. The number of hydrogen-bond acceptors (Lipinski definition) is 6. The second kappa shape index (κ2) is 6.61. The van der Waals surface area contributed by atoms with Gasteiger partial charge in [0.05, 0.1) is 5.69 Å². The summed E-state index contributed by atoms with van der Waals surface area (Å²) in [6.07, 6.45) is 7.13. The van der Waals surface area contributed by atoms with Crippen LogP contribution in [0.5, 0.6) is 0 Å². The first-order valence-electron chi connectivity index (χ1n) is 11.3. The fourth-order valence-electron chi connectivity index (χ4n) is 7.05. The van der Waals surface area contributed by atoms with Gasteiger partial charge in [-0.3, -0.25) is 19.4 Å². The summed E-state index contributed by atoms with van der Waals surface area (Å²) in [5.74, 6) is 1.33. The Labute approximate surface area is 181 Å². The number of carbonyl (C=O) groups excluding carboxylic acids is 3. The molecule has 5 fully saturated rings. The molecule has 3 amide bonds. The standard InChI is InChI=1S/C23H27N5O3/c1-13-2-4-17(5-3-13)28-21(30)19-20(22(28)31)27(26-25-19)12-18(29)24-23-9-14-6-15(10-23)8-16(7-14)11-23/h2-5,14-16,19-20H,6-12H2,1H3,(H,24,29)/t14?,15?,16?,19-,20+,23?/m0/s1. The number of nitrogens with zero attached hydrogens (tertiary/aromatic N) is 4. The van der Waals surface area contributed by atoms with Crippen molar-refractivity contribution in [2.75, 3.05) is 11.4 Å². The van der Waals surface area contributed by atoms with E-state index in [1.165, 1.54) is 29.2 Å². The highest BCUT2D eigenvalue weighted by Crippen LogP contribution is 2.55. The van der Waals surface area contributed by atoms with Crippen LogP contribution in [0.3, 0.4) is 0 Å². The Hall–Kier alpha value is -2.77. The van der Waals surface area contributed by atoms with E-state index in [9.17, 15) is 14.4 Å². The van der Waals surface area contributed by atoms with Gasteiger partial charge in [-0.05, 0) is 75.3 Å². The van der Waals surface area contributed by atoms with Gasteiger partial charge < -0.3 is 5.32 Å². The number of aryl methyl sites for hydroxylation is 1. The molecule has 1 saturated heterocycles. The molecule has 1 N–H and O–H groups in total. The molecule has 0 aromatic heterocycles. The van der Waals surface area contributed by atoms with Gasteiger partial charge in [-0.1, -0.05) is 22.9 Å². The van der Waals surface area contributed by atoms with E-state index in [2.05, 4.69) is 15.7 Å². The summed E-state index contributed by atoms with van der Waals surface area (Å²) < 4.78 is 0. The summed E-state index contributed by atoms with van der Waals surface area (Å²) >= 11 is 0. The third kappa shape index (κ3) is 2.98. The Kier molecular flexibility index (Phi) is 4.04. The Morgan fingerprint density at radius 3 is 2.26 bits per heavy atom. The smallest absolute Gasteiger partial charge is 0.263 e. The first-order chi connectivity index (χ1) is 14.9. The van der Waals surface area contributed by atoms with Gasteiger partial charge in [0.25, 0.3) is 11.8 Å². The maximum Gasteiger partial charge on any atom is 0.263 e. The van der Waals surface area contributed by atoms with E-state index in [-0.39, 0.29) is 29.8 Å². The molecule has 4 saturated carbocycles. The van der Waals surface area contributed by atoms with Crippen molar-refractivity contribution in [3.05, 3.63) is 29.8 Å². The van der Waals surface area contributed by atoms with Crippen molar-refractivity contribution in [1.29, 1.82) is 0 Å². The van der Waals surface area contributed by atoms with Crippen LogP contribution in [0.15, 0.2) is 34.6 Å². The van der Waals surface area contributed by atoms with E-state index in [1.54, 1.807) is 12.1 Å². The summed E-state index contributed by atoms with van der Waals surface area (Å²) in [6.45, 7) is 1.90. The highest BCUT2D eigenvalue weighted by Gasteiger charge is 2.56. The summed E-state index contributed by atoms with van der Waals surface area (Å²) in [6, 6.07) is 5.53. The predicted molar refractivity (Wildman–Crippen MR) is 112 cm³/mol. The Morgan fingerprint density at radius 1 is 1.03 bits per heavy atom. The molecule has 4 aliphatic carbocycles. The van der Waals surface area contributed by atoms with Gasteiger partial charge in [0.15, 0.2) is 12.1 Å². The minimum atomic E-state index is -0.874. The number of imide groups is 1. The molecule has 0 spiro atoms. The number of anilines is 1. The zero-order chi connectivity index (χ0) is 21.3. The van der Waals surface area contributed by atoms with Crippen molar-refractivity contribution >= 4 is 23.4 Å². The van der Waals surface area contributed by atoms with Crippen molar-refractivity contribution in [3.8, 4) is 0 Å². The second-order valence-corrected chi connectivity index (χ2v) is 10.3. The topological polar surface area (TPSA) is 94.4 Å². The lowest BCUT2D eigenvalue weighted by molar-refractivity contribution is -0.129. The fourth-order valence-corrected chi connectivity index (χ4v) is 7.05. The van der Waals surface area contributed by atoms with Crippen LogP contribution in [0.2, 0.25) is 0 Å². The van der Waals surface area contributed by atoms with Crippen LogP contribution >= 0.6 is 0 Å². The zero-order valence-electron chi connectivity index (χ0n) is 17.7. The average Bonchev–Trinajstić information content (AvgIpc) is 3.21. The average molecular weight is 422 g/mol. The second-order valence-electron chi connectivity index (χ2n) is 10.3. The largest absolute Gasteiger partial charge is 0.349 e. The highest BCUT2D eigenvalue weighted by molar-refractivity contribution is 6.25. The monoisotopic (exact) mass is 421 g/mol. The minimum absolute atomic E-state index is 0.0484. The first-order valence-corrected chi connectivity index (χ1v) is 11.3. The molecular weight excluding hydrogens is 394 g/mol. The van der Waals surface area contributed by atoms with Crippen LogP contribution in [0.1, 0.15) is 44.1 Å². The van der Waals surface area contributed by atoms with Gasteiger partial charge in [-0.25, -0.2) is 4.90 Å². The van der Waals surface area contributed by atoms with Gasteiger partial charge >= 0.3 is 0 Å². The fraction of sp³-hybridized carbons (Fsp3) is 0.609. The Morgan fingerprint density at radius 2 is 1.65 bits per heavy atom. The highest BCUT2D eigenvalue weighted by atomic mass is 16.2. The number of carbonyl (C=O) groups is 3. The van der Waals surface area contributed by atoms with Crippen LogP contribution < -0.4 is 10.2 Å². The molecule has 31 heavy (non-hydrogen) atoms. The lowest BCUT2D eigenvalue weighted by Gasteiger charge is -2.57. The van der Waals surface area contributed by atoms with Crippen LogP contribution in [0.4, 0.5) is 5.69 Å². The molecule has 0 unspecified atom stereocenters. The Bertz CT molecular complexity index is 952. The van der Waals surface area contributed by atoms with Crippen molar-refractivity contribution in [1.82, 2.24) is 10.3 Å². The number of nitrogens with one attached hydrogen (secondary N) is 1. The zero-order valence-corrected chi connectivity index (χ0v) is 17.7. The number of fused-ring (bicyclic) bond motifs is 1. The van der Waals surface area contributed by atoms with E-state index in [4.69, 9.17) is 0 Å². The van der Waals surface area contributed by atoms with E-state index in [0.717, 1.165) is 42.6 Å². The number of hydrogen-bond donors (Lipinski definition) is 1. The van der Waals surface area contributed by atoms with Gasteiger partial charge in [0.2, 0.25) is 5.91 Å². The van der Waals surface area contributed by atoms with Crippen LogP contribution in [-0.2, 0) is 14.4 Å². The molecule has 8 heteroatoms. The molecule has 4 bridgehead atoms. The minimum Gasteiger partial charge on any atom is -0.349 e. The number of rotatable bonds is 4. The van der Waals surface area contributed by atoms with E-state index < -0.39 is 12.1 Å². The first kappa shape index (κ1) is 19.0. The van der Waals surface area contributed by atoms with Crippen molar-refractivity contribution in [2.45, 2.75) is 63.1 Å². The van der Waals surface area contributed by atoms with Gasteiger partial charge in [0, 0.05) is 5.54 Å². The van der Waals surface area contributed by atoms with Gasteiger partial charge in [-0.2, -0.15) is 5.11 Å². The molecule has 2 atom stereocenters. The number of amides is 3. The summed E-state index contributed by atoms with van der Waals surface area (Å²) in [5.41, 5.74) is 1.49. The molecule has 7 rings (SSSR count). The normalized spacial score (nSPS) is 37.6. The van der Waals surface area contributed by atoms with Crippen molar-refractivity contribution in [3.63, 3.8) is 0 Å². The maximum absolute atomic E-state index is 13.1. The van der Waals surface area contributed by atoms with Gasteiger partial charge in [0.1, 0.15) is 6.54 Å². The lowest BCUT2D eigenvalue weighted by Crippen LogP contribution is -2.61.